The van der Waals surface area contributed by atoms with E-state index in [9.17, 15) is 13.6 Å². The monoisotopic (exact) mass is 775 g/mol. The summed E-state index contributed by atoms with van der Waals surface area (Å²) in [6.45, 7) is 6.04. The van der Waals surface area contributed by atoms with Crippen LogP contribution in [0.2, 0.25) is 0 Å². The predicted octanol–water partition coefficient (Wildman–Crippen LogP) is 8.71. The van der Waals surface area contributed by atoms with E-state index in [2.05, 4.69) is 53.9 Å². The maximum atomic E-state index is 13.2. The zero-order valence-electron chi connectivity index (χ0n) is 30.7. The van der Waals surface area contributed by atoms with Gasteiger partial charge in [0.2, 0.25) is 23.4 Å². The minimum atomic E-state index is -0.569. The first kappa shape index (κ1) is 39.3. The molecule has 0 radical (unpaired) electrons. The van der Waals surface area contributed by atoms with E-state index in [-0.39, 0.29) is 30.1 Å². The number of benzene rings is 2. The van der Waals surface area contributed by atoms with Crippen molar-refractivity contribution >= 4 is 18.5 Å². The number of pyridine rings is 2. The fraction of sp³-hybridized carbons (Fsp3) is 0.262. The molecule has 4 aromatic heterocycles. The van der Waals surface area contributed by atoms with Gasteiger partial charge in [-0.15, -0.1) is 12.4 Å². The van der Waals surface area contributed by atoms with E-state index in [0.29, 0.717) is 64.0 Å². The van der Waals surface area contributed by atoms with Crippen LogP contribution >= 0.6 is 12.4 Å². The van der Waals surface area contributed by atoms with Crippen molar-refractivity contribution in [3.63, 3.8) is 0 Å². The van der Waals surface area contributed by atoms with E-state index < -0.39 is 11.7 Å². The number of aromatic nitrogens is 6. The van der Waals surface area contributed by atoms with Crippen molar-refractivity contribution in [2.75, 3.05) is 6.54 Å². The summed E-state index contributed by atoms with van der Waals surface area (Å²) in [6.07, 6.45) is 7.02. The minimum absolute atomic E-state index is 0. The molecule has 1 amide bonds. The lowest BCUT2D eigenvalue weighted by Gasteiger charge is -2.39. The van der Waals surface area contributed by atoms with Crippen LogP contribution in [0.1, 0.15) is 92.4 Å². The highest BCUT2D eigenvalue weighted by Crippen LogP contribution is 2.36. The number of rotatable bonds is 4. The van der Waals surface area contributed by atoms with E-state index in [1.165, 1.54) is 30.7 Å². The Morgan fingerprint density at radius 2 is 1.25 bits per heavy atom. The molecule has 1 saturated carbocycles. The second kappa shape index (κ2) is 17.4. The Morgan fingerprint density at radius 3 is 1.68 bits per heavy atom. The van der Waals surface area contributed by atoms with Crippen LogP contribution in [0, 0.1) is 35.3 Å². The van der Waals surface area contributed by atoms with Crippen molar-refractivity contribution < 1.29 is 27.4 Å². The third kappa shape index (κ3) is 10.00. The van der Waals surface area contributed by atoms with Gasteiger partial charge in [-0.05, 0) is 101 Å². The highest BCUT2D eigenvalue weighted by atomic mass is 35.5. The minimum Gasteiger partial charge on any atom is -0.444 e. The largest absolute Gasteiger partial charge is 0.444 e. The number of ether oxygens (including phenoxy) is 1. The SMILES string of the molecule is CC(C)(C)OC(=O)N1CCC1c1nc(-c2ccc(C#Cc3cccc(F)c3)cn2)no1.Cl.Fc1cccc(C#Cc2ccc(-c3noc(C4CCC4)n3)nc2)c1. The maximum Gasteiger partial charge on any atom is 0.410 e. The molecular formula is C42H36ClF2N7O4. The molecule has 2 fully saturated rings. The summed E-state index contributed by atoms with van der Waals surface area (Å²) in [5, 5.41) is 7.98. The van der Waals surface area contributed by atoms with E-state index in [4.69, 9.17) is 13.8 Å². The third-order valence-corrected chi connectivity index (χ3v) is 8.61. The fourth-order valence-electron chi connectivity index (χ4n) is 5.44. The molecule has 1 atom stereocenters. The van der Waals surface area contributed by atoms with Gasteiger partial charge in [-0.25, -0.2) is 13.6 Å². The van der Waals surface area contributed by atoms with Crippen LogP contribution in [0.3, 0.4) is 0 Å². The summed E-state index contributed by atoms with van der Waals surface area (Å²) in [4.78, 5) is 31.3. The Bertz CT molecular complexity index is 2420. The highest BCUT2D eigenvalue weighted by Gasteiger charge is 2.40. The third-order valence-electron chi connectivity index (χ3n) is 8.61. The van der Waals surface area contributed by atoms with Gasteiger partial charge in [0.05, 0.1) is 0 Å². The first-order chi connectivity index (χ1) is 26.6. The Labute approximate surface area is 328 Å². The summed E-state index contributed by atoms with van der Waals surface area (Å²) >= 11 is 0. The van der Waals surface area contributed by atoms with Gasteiger partial charge in [-0.1, -0.05) is 52.5 Å². The van der Waals surface area contributed by atoms with Crippen LogP contribution in [0.15, 0.2) is 94.2 Å². The fourth-order valence-corrected chi connectivity index (χ4v) is 5.44. The summed E-state index contributed by atoms with van der Waals surface area (Å²) in [5.41, 5.74) is 3.23. The van der Waals surface area contributed by atoms with Crippen molar-refractivity contribution in [2.45, 2.75) is 64.0 Å². The van der Waals surface area contributed by atoms with E-state index >= 15 is 0 Å². The second-order valence-corrected chi connectivity index (χ2v) is 13.9. The number of amides is 1. The molecule has 8 rings (SSSR count). The highest BCUT2D eigenvalue weighted by molar-refractivity contribution is 5.85. The van der Waals surface area contributed by atoms with Crippen LogP contribution in [0.4, 0.5) is 13.6 Å². The van der Waals surface area contributed by atoms with Crippen molar-refractivity contribution in [2.24, 2.45) is 0 Å². The smallest absolute Gasteiger partial charge is 0.410 e. The molecule has 2 aliphatic rings. The Kier molecular flexibility index (Phi) is 12.2. The average Bonchev–Trinajstić information content (AvgIpc) is 3.80. The predicted molar refractivity (Wildman–Crippen MR) is 204 cm³/mol. The molecule has 0 spiro atoms. The first-order valence-electron chi connectivity index (χ1n) is 17.7. The zero-order valence-corrected chi connectivity index (χ0v) is 31.5. The molecule has 1 aliphatic carbocycles. The van der Waals surface area contributed by atoms with Gasteiger partial charge in [0, 0.05) is 47.1 Å². The summed E-state index contributed by atoms with van der Waals surface area (Å²) in [5.74, 6) is 13.4. The molecule has 1 aliphatic heterocycles. The molecule has 56 heavy (non-hydrogen) atoms. The molecule has 11 nitrogen and oxygen atoms in total. The maximum absolute atomic E-state index is 13.2. The summed E-state index contributed by atoms with van der Waals surface area (Å²) in [7, 11) is 0. The quantitative estimate of drug-likeness (QED) is 0.160. The normalized spacial score (nSPS) is 14.6. The van der Waals surface area contributed by atoms with Gasteiger partial charge in [-0.2, -0.15) is 9.97 Å². The number of halogens is 3. The number of likely N-dealkylation sites (tertiary alicyclic amines) is 1. The Morgan fingerprint density at radius 1 is 0.732 bits per heavy atom. The molecule has 5 heterocycles. The number of hydrogen-bond donors (Lipinski definition) is 0. The molecule has 1 unspecified atom stereocenters. The first-order valence-corrected chi connectivity index (χ1v) is 17.7. The molecule has 2 aromatic carbocycles. The molecule has 1 saturated heterocycles. The average molecular weight is 776 g/mol. The van der Waals surface area contributed by atoms with Crippen molar-refractivity contribution in [1.29, 1.82) is 0 Å². The summed E-state index contributed by atoms with van der Waals surface area (Å²) in [6, 6.07) is 19.1. The van der Waals surface area contributed by atoms with Crippen LogP contribution in [0.5, 0.6) is 0 Å². The lowest BCUT2D eigenvalue weighted by atomic mass is 9.85. The van der Waals surface area contributed by atoms with Crippen LogP contribution in [0.25, 0.3) is 23.0 Å². The molecule has 284 valence electrons. The topological polar surface area (TPSA) is 133 Å². The van der Waals surface area contributed by atoms with Crippen molar-refractivity contribution in [3.05, 3.63) is 131 Å². The molecule has 14 heteroatoms. The van der Waals surface area contributed by atoms with Gasteiger partial charge < -0.3 is 13.8 Å². The number of carbonyl (C=O) groups is 1. The van der Waals surface area contributed by atoms with Gasteiger partial charge in [-0.3, -0.25) is 14.9 Å². The second-order valence-electron chi connectivity index (χ2n) is 13.9. The molecule has 0 N–H and O–H groups in total. The van der Waals surface area contributed by atoms with Crippen LogP contribution in [-0.2, 0) is 4.74 Å². The Balaban J connectivity index is 0.000000192. The van der Waals surface area contributed by atoms with Gasteiger partial charge in [0.25, 0.3) is 0 Å². The van der Waals surface area contributed by atoms with E-state index in [1.54, 1.807) is 53.7 Å². The van der Waals surface area contributed by atoms with E-state index in [1.807, 2.05) is 32.9 Å². The summed E-state index contributed by atoms with van der Waals surface area (Å²) < 4.78 is 42.4. The van der Waals surface area contributed by atoms with Crippen LogP contribution in [-0.4, -0.2) is 53.4 Å². The van der Waals surface area contributed by atoms with Gasteiger partial charge >= 0.3 is 6.09 Å². The number of hydrogen-bond acceptors (Lipinski definition) is 10. The molecule has 6 aromatic rings. The lowest BCUT2D eigenvalue weighted by molar-refractivity contribution is -0.0119. The Hall–Kier alpha value is -6.44. The van der Waals surface area contributed by atoms with Crippen LogP contribution < -0.4 is 0 Å². The molecular weight excluding hydrogens is 740 g/mol. The van der Waals surface area contributed by atoms with Gasteiger partial charge in [0.15, 0.2) is 0 Å². The number of carbonyl (C=O) groups excluding carboxylic acids is 1. The van der Waals surface area contributed by atoms with Gasteiger partial charge in [0.1, 0.15) is 34.7 Å². The zero-order chi connectivity index (χ0) is 38.4. The van der Waals surface area contributed by atoms with E-state index in [0.717, 1.165) is 24.8 Å². The standard InChI is InChI=1S/C23H21FN4O3.C19H14FN3O.ClH/c1-23(2,3)30-22(29)28-12-11-19(28)21-26-20(27-31-21)18-10-9-16(14-25-18)8-7-15-5-4-6-17(24)13-15;20-16-6-1-3-13(11-16)7-8-14-9-10-17(21-12-14)18-22-19(24-23-18)15-4-2-5-15;/h4-6,9-10,13-14,19H,11-12H2,1-3H3;1,3,6,9-12,15H,2,4-5H2;1H. The lowest BCUT2D eigenvalue weighted by Crippen LogP contribution is -2.47. The van der Waals surface area contributed by atoms with Crippen molar-refractivity contribution in [1.82, 2.24) is 35.1 Å². The molecule has 0 bridgehead atoms. The van der Waals surface area contributed by atoms with Crippen molar-refractivity contribution in [3.8, 4) is 46.7 Å². The number of nitrogens with zero attached hydrogens (tertiary/aromatic N) is 7.